The maximum atomic E-state index is 12.2. The first kappa shape index (κ1) is 15.5. The number of carbonyl (C=O) groups excluding carboxylic acids is 2. The minimum absolute atomic E-state index is 0.194. The summed E-state index contributed by atoms with van der Waals surface area (Å²) in [6.45, 7) is 3.26. The summed E-state index contributed by atoms with van der Waals surface area (Å²) in [5, 5.41) is 3.82. The zero-order chi connectivity index (χ0) is 16.4. The Bertz CT molecular complexity index is 760. The van der Waals surface area contributed by atoms with Gasteiger partial charge in [0, 0.05) is 5.56 Å². The van der Waals surface area contributed by atoms with E-state index in [1.807, 2.05) is 25.1 Å². The van der Waals surface area contributed by atoms with Crippen LogP contribution < -0.4 is 0 Å². The third kappa shape index (κ3) is 3.04. The molecule has 23 heavy (non-hydrogen) atoms. The number of hydrogen-bond acceptors (Lipinski definition) is 5. The molecule has 0 fully saturated rings. The van der Waals surface area contributed by atoms with Crippen LogP contribution in [0.3, 0.4) is 0 Å². The highest BCUT2D eigenvalue weighted by atomic mass is 16.5. The first-order valence-corrected chi connectivity index (χ1v) is 7.87. The third-order valence-corrected chi connectivity index (χ3v) is 4.23. The van der Waals surface area contributed by atoms with Crippen molar-refractivity contribution in [2.45, 2.75) is 39.5 Å². The number of rotatable bonds is 5. The van der Waals surface area contributed by atoms with Gasteiger partial charge in [-0.15, -0.1) is 0 Å². The van der Waals surface area contributed by atoms with Crippen LogP contribution in [-0.4, -0.2) is 23.5 Å². The van der Waals surface area contributed by atoms with Crippen molar-refractivity contribution in [1.29, 1.82) is 0 Å². The third-order valence-electron chi connectivity index (χ3n) is 4.23. The van der Waals surface area contributed by atoms with Gasteiger partial charge in [-0.05, 0) is 49.8 Å². The van der Waals surface area contributed by atoms with Crippen LogP contribution in [0.4, 0.5) is 0 Å². The lowest BCUT2D eigenvalue weighted by Gasteiger charge is -2.06. The standard InChI is InChI=1S/C18H19NO4/c1-3-15-17(11(2)23-19-15)18(21)22-10-16(20)14-8-7-12-5-4-6-13(12)9-14/h7-9H,3-6,10H2,1-2H3. The van der Waals surface area contributed by atoms with Gasteiger partial charge in [0.15, 0.2) is 12.4 Å². The van der Waals surface area contributed by atoms with Crippen molar-refractivity contribution in [3.05, 3.63) is 51.9 Å². The molecule has 0 unspecified atom stereocenters. The molecule has 2 aromatic rings. The summed E-state index contributed by atoms with van der Waals surface area (Å²) >= 11 is 0. The first-order chi connectivity index (χ1) is 11.1. The molecule has 3 rings (SSSR count). The van der Waals surface area contributed by atoms with E-state index in [-0.39, 0.29) is 12.4 Å². The zero-order valence-corrected chi connectivity index (χ0v) is 13.3. The van der Waals surface area contributed by atoms with Crippen molar-refractivity contribution in [3.8, 4) is 0 Å². The molecule has 0 bridgehead atoms. The fourth-order valence-electron chi connectivity index (χ4n) is 2.95. The average Bonchev–Trinajstić information content (AvgIpc) is 3.17. The Morgan fingerprint density at radius 1 is 1.26 bits per heavy atom. The Balaban J connectivity index is 1.67. The number of carbonyl (C=O) groups is 2. The molecule has 5 nitrogen and oxygen atoms in total. The number of nitrogens with zero attached hydrogens (tertiary/aromatic N) is 1. The van der Waals surface area contributed by atoms with E-state index in [4.69, 9.17) is 9.26 Å². The van der Waals surface area contributed by atoms with Crippen LogP contribution in [0.5, 0.6) is 0 Å². The van der Waals surface area contributed by atoms with E-state index in [0.717, 1.165) is 19.3 Å². The summed E-state index contributed by atoms with van der Waals surface area (Å²) in [5.41, 5.74) is 4.01. The number of aromatic nitrogens is 1. The van der Waals surface area contributed by atoms with Crippen molar-refractivity contribution < 1.29 is 18.8 Å². The van der Waals surface area contributed by atoms with Crippen LogP contribution in [0.2, 0.25) is 0 Å². The summed E-state index contributed by atoms with van der Waals surface area (Å²) < 4.78 is 10.2. The van der Waals surface area contributed by atoms with Gasteiger partial charge in [0.25, 0.3) is 0 Å². The molecule has 0 amide bonds. The van der Waals surface area contributed by atoms with E-state index in [2.05, 4.69) is 5.16 Å². The summed E-state index contributed by atoms with van der Waals surface area (Å²) in [5.74, 6) is -0.341. The van der Waals surface area contributed by atoms with Crippen molar-refractivity contribution in [2.24, 2.45) is 0 Å². The molecule has 1 aliphatic carbocycles. The minimum Gasteiger partial charge on any atom is -0.454 e. The van der Waals surface area contributed by atoms with Gasteiger partial charge in [-0.25, -0.2) is 4.79 Å². The Labute approximate surface area is 134 Å². The Morgan fingerprint density at radius 3 is 2.83 bits per heavy atom. The second-order valence-electron chi connectivity index (χ2n) is 5.75. The van der Waals surface area contributed by atoms with Gasteiger partial charge in [0.05, 0.1) is 5.69 Å². The topological polar surface area (TPSA) is 69.4 Å². The van der Waals surface area contributed by atoms with E-state index in [1.54, 1.807) is 6.92 Å². The normalized spacial score (nSPS) is 13.0. The SMILES string of the molecule is CCc1noc(C)c1C(=O)OCC(=O)c1ccc2c(c1)CCC2. The van der Waals surface area contributed by atoms with Crippen molar-refractivity contribution >= 4 is 11.8 Å². The van der Waals surface area contributed by atoms with Crippen LogP contribution in [0.15, 0.2) is 22.7 Å². The van der Waals surface area contributed by atoms with Gasteiger partial charge in [-0.3, -0.25) is 4.79 Å². The predicted molar refractivity (Wildman–Crippen MR) is 83.7 cm³/mol. The lowest BCUT2D eigenvalue weighted by Crippen LogP contribution is -2.15. The van der Waals surface area contributed by atoms with Gasteiger partial charge in [0.1, 0.15) is 11.3 Å². The molecule has 1 aromatic carbocycles. The second-order valence-corrected chi connectivity index (χ2v) is 5.75. The molecule has 1 heterocycles. The van der Waals surface area contributed by atoms with E-state index in [9.17, 15) is 9.59 Å². The number of hydrogen-bond donors (Lipinski definition) is 0. The average molecular weight is 313 g/mol. The number of fused-ring (bicyclic) bond motifs is 1. The van der Waals surface area contributed by atoms with E-state index in [1.165, 1.54) is 11.1 Å². The van der Waals surface area contributed by atoms with Crippen molar-refractivity contribution in [1.82, 2.24) is 5.16 Å². The fourth-order valence-corrected chi connectivity index (χ4v) is 2.95. The van der Waals surface area contributed by atoms with Crippen LogP contribution >= 0.6 is 0 Å². The number of aryl methyl sites for hydroxylation is 4. The van der Waals surface area contributed by atoms with Crippen LogP contribution in [-0.2, 0) is 24.0 Å². The van der Waals surface area contributed by atoms with Crippen LogP contribution in [0, 0.1) is 6.92 Å². The number of esters is 1. The van der Waals surface area contributed by atoms with Gasteiger partial charge >= 0.3 is 5.97 Å². The Morgan fingerprint density at radius 2 is 2.04 bits per heavy atom. The summed E-state index contributed by atoms with van der Waals surface area (Å²) in [4.78, 5) is 24.4. The molecule has 1 aliphatic rings. The second kappa shape index (κ2) is 6.36. The lowest BCUT2D eigenvalue weighted by molar-refractivity contribution is 0.0472. The Kier molecular flexibility index (Phi) is 4.28. The van der Waals surface area contributed by atoms with E-state index < -0.39 is 5.97 Å². The molecule has 0 atom stereocenters. The highest BCUT2D eigenvalue weighted by Gasteiger charge is 2.22. The van der Waals surface area contributed by atoms with E-state index >= 15 is 0 Å². The summed E-state index contributed by atoms with van der Waals surface area (Å²) in [6.07, 6.45) is 3.79. The molecule has 0 N–H and O–H groups in total. The minimum atomic E-state index is -0.560. The highest BCUT2D eigenvalue weighted by molar-refractivity contribution is 6.00. The molecule has 0 saturated carbocycles. The number of ketones is 1. The maximum absolute atomic E-state index is 12.2. The van der Waals surface area contributed by atoms with Crippen LogP contribution in [0.1, 0.15) is 56.6 Å². The molecular weight excluding hydrogens is 294 g/mol. The van der Waals surface area contributed by atoms with Gasteiger partial charge in [-0.2, -0.15) is 0 Å². The first-order valence-electron chi connectivity index (χ1n) is 7.87. The van der Waals surface area contributed by atoms with Gasteiger partial charge < -0.3 is 9.26 Å². The highest BCUT2D eigenvalue weighted by Crippen LogP contribution is 2.23. The zero-order valence-electron chi connectivity index (χ0n) is 13.3. The molecule has 0 radical (unpaired) electrons. The number of benzene rings is 1. The molecular formula is C18H19NO4. The largest absolute Gasteiger partial charge is 0.454 e. The maximum Gasteiger partial charge on any atom is 0.344 e. The quantitative estimate of drug-likeness (QED) is 0.627. The van der Waals surface area contributed by atoms with Crippen molar-refractivity contribution in [3.63, 3.8) is 0 Å². The molecule has 0 spiro atoms. The predicted octanol–water partition coefficient (Wildman–Crippen LogP) is 3.07. The number of Topliss-reactive ketones (excluding diaryl/α,β-unsaturated/α-hetero) is 1. The summed E-state index contributed by atoms with van der Waals surface area (Å²) in [6, 6.07) is 5.72. The Hall–Kier alpha value is -2.43. The smallest absolute Gasteiger partial charge is 0.344 e. The van der Waals surface area contributed by atoms with Crippen LogP contribution in [0.25, 0.3) is 0 Å². The molecule has 0 aliphatic heterocycles. The fraction of sp³-hybridized carbons (Fsp3) is 0.389. The number of ether oxygens (including phenoxy) is 1. The lowest BCUT2D eigenvalue weighted by atomic mass is 10.0. The monoisotopic (exact) mass is 313 g/mol. The van der Waals surface area contributed by atoms with E-state index in [0.29, 0.717) is 29.0 Å². The summed E-state index contributed by atoms with van der Waals surface area (Å²) in [7, 11) is 0. The van der Waals surface area contributed by atoms with Gasteiger partial charge in [-0.1, -0.05) is 24.2 Å². The van der Waals surface area contributed by atoms with Crippen molar-refractivity contribution in [2.75, 3.05) is 6.61 Å². The molecule has 5 heteroatoms. The molecule has 1 aromatic heterocycles. The molecule has 0 saturated heterocycles. The molecule has 120 valence electrons. The van der Waals surface area contributed by atoms with Gasteiger partial charge in [0.2, 0.25) is 0 Å².